The van der Waals surface area contributed by atoms with Gasteiger partial charge in [-0.25, -0.2) is 0 Å². The van der Waals surface area contributed by atoms with Gasteiger partial charge in [0.2, 0.25) is 0 Å². The van der Waals surface area contributed by atoms with Crippen molar-refractivity contribution in [2.24, 2.45) is 10.9 Å². The number of allylic oxidation sites excluding steroid dienone is 4. The first kappa shape index (κ1) is 20.5. The van der Waals surface area contributed by atoms with Crippen LogP contribution in [0, 0.1) is 19.8 Å². The first-order valence-electron chi connectivity index (χ1n) is 10.5. The van der Waals surface area contributed by atoms with Gasteiger partial charge in [-0.15, -0.1) is 0 Å². The van der Waals surface area contributed by atoms with Crippen LogP contribution in [-0.2, 0) is 0 Å². The van der Waals surface area contributed by atoms with Crippen molar-refractivity contribution in [3.05, 3.63) is 114 Å². The summed E-state index contributed by atoms with van der Waals surface area (Å²) in [6.45, 7) is 6.64. The SMILES string of the molecule is Cc1cccc(C)c1N=CC1C=CC=C1[C@@H](C)P(c1ccccc1)c1ccccc1. The molecule has 0 saturated carbocycles. The van der Waals surface area contributed by atoms with Crippen molar-refractivity contribution >= 4 is 30.4 Å². The van der Waals surface area contributed by atoms with Gasteiger partial charge in [0.15, 0.2) is 0 Å². The molecule has 0 heterocycles. The van der Waals surface area contributed by atoms with Gasteiger partial charge in [0.25, 0.3) is 0 Å². The van der Waals surface area contributed by atoms with Crippen LogP contribution >= 0.6 is 7.92 Å². The third kappa shape index (κ3) is 4.37. The molecule has 1 aliphatic carbocycles. The van der Waals surface area contributed by atoms with E-state index in [1.54, 1.807) is 0 Å². The average molecular weight is 410 g/mol. The molecule has 0 aromatic heterocycles. The van der Waals surface area contributed by atoms with Gasteiger partial charge in [-0.3, -0.25) is 4.99 Å². The highest BCUT2D eigenvalue weighted by Crippen LogP contribution is 2.45. The second-order valence-corrected chi connectivity index (χ2v) is 10.4. The highest BCUT2D eigenvalue weighted by molar-refractivity contribution is 7.73. The van der Waals surface area contributed by atoms with Crippen LogP contribution in [-0.4, -0.2) is 11.9 Å². The Hall–Kier alpha value is -2.76. The maximum absolute atomic E-state index is 4.91. The van der Waals surface area contributed by atoms with Gasteiger partial charge < -0.3 is 0 Å². The lowest BCUT2D eigenvalue weighted by atomic mass is 10.0. The van der Waals surface area contributed by atoms with Crippen molar-refractivity contribution in [3.8, 4) is 0 Å². The van der Waals surface area contributed by atoms with Crippen molar-refractivity contribution < 1.29 is 0 Å². The highest BCUT2D eigenvalue weighted by Gasteiger charge is 2.28. The Bertz CT molecular complexity index is 1020. The van der Waals surface area contributed by atoms with Crippen molar-refractivity contribution in [3.63, 3.8) is 0 Å². The molecular formula is C28H28NP. The molecule has 0 radical (unpaired) electrons. The van der Waals surface area contributed by atoms with Crippen LogP contribution in [0.15, 0.2) is 108 Å². The van der Waals surface area contributed by atoms with E-state index in [1.165, 1.54) is 27.3 Å². The number of hydrogen-bond donors (Lipinski definition) is 0. The first-order valence-corrected chi connectivity index (χ1v) is 11.9. The van der Waals surface area contributed by atoms with Crippen LogP contribution < -0.4 is 10.6 Å². The van der Waals surface area contributed by atoms with Crippen LogP contribution in [0.4, 0.5) is 5.69 Å². The van der Waals surface area contributed by atoms with E-state index in [1.807, 2.05) is 0 Å². The molecule has 0 fully saturated rings. The third-order valence-electron chi connectivity index (χ3n) is 5.73. The fourth-order valence-electron chi connectivity index (χ4n) is 4.15. The summed E-state index contributed by atoms with van der Waals surface area (Å²) in [5.74, 6) is 0.247. The Labute approximate surface area is 181 Å². The van der Waals surface area contributed by atoms with E-state index in [0.717, 1.165) is 5.69 Å². The van der Waals surface area contributed by atoms with Crippen LogP contribution in [0.5, 0.6) is 0 Å². The standard InChI is InChI=1S/C28H28NP/c1-21-12-10-13-22(2)28(21)29-20-24-14-11-19-27(24)23(3)30(25-15-6-4-7-16-25)26-17-8-5-9-18-26/h4-20,23-24H,1-3H3/t23-,24?/m1/s1. The summed E-state index contributed by atoms with van der Waals surface area (Å²) in [6.07, 6.45) is 8.89. The lowest BCUT2D eigenvalue weighted by Crippen LogP contribution is -2.23. The van der Waals surface area contributed by atoms with Crippen molar-refractivity contribution in [1.82, 2.24) is 0 Å². The van der Waals surface area contributed by atoms with Gasteiger partial charge in [0.1, 0.15) is 0 Å². The minimum Gasteiger partial charge on any atom is -0.260 e. The summed E-state index contributed by atoms with van der Waals surface area (Å²) >= 11 is 0. The summed E-state index contributed by atoms with van der Waals surface area (Å²) < 4.78 is 0. The lowest BCUT2D eigenvalue weighted by molar-refractivity contribution is 0.967. The first-order chi connectivity index (χ1) is 14.6. The number of para-hydroxylation sites is 1. The molecule has 0 saturated heterocycles. The average Bonchev–Trinajstić information content (AvgIpc) is 3.24. The quantitative estimate of drug-likeness (QED) is 0.320. The molecule has 0 amide bonds. The highest BCUT2D eigenvalue weighted by atomic mass is 31.1. The maximum atomic E-state index is 4.91. The van der Waals surface area contributed by atoms with Crippen LogP contribution in [0.2, 0.25) is 0 Å². The molecular weight excluding hydrogens is 381 g/mol. The summed E-state index contributed by atoms with van der Waals surface area (Å²) in [5.41, 5.74) is 5.42. The van der Waals surface area contributed by atoms with E-state index >= 15 is 0 Å². The van der Waals surface area contributed by atoms with Gasteiger partial charge >= 0.3 is 0 Å². The zero-order chi connectivity index (χ0) is 20.9. The monoisotopic (exact) mass is 409 g/mol. The number of aliphatic imine (C=N–C) groups is 1. The van der Waals surface area contributed by atoms with E-state index in [0.29, 0.717) is 5.66 Å². The molecule has 2 atom stereocenters. The molecule has 0 aliphatic heterocycles. The second-order valence-electron chi connectivity index (χ2n) is 7.81. The zero-order valence-electron chi connectivity index (χ0n) is 17.9. The van der Waals surface area contributed by atoms with Gasteiger partial charge in [-0.05, 0) is 43.5 Å². The number of benzene rings is 3. The minimum atomic E-state index is -0.497. The summed E-state index contributed by atoms with van der Waals surface area (Å²) in [5, 5.41) is 2.84. The minimum absolute atomic E-state index is 0.247. The van der Waals surface area contributed by atoms with Gasteiger partial charge in [0.05, 0.1) is 5.69 Å². The zero-order valence-corrected chi connectivity index (χ0v) is 18.8. The van der Waals surface area contributed by atoms with E-state index in [2.05, 4.69) is 124 Å². The molecule has 1 nitrogen and oxygen atoms in total. The molecule has 30 heavy (non-hydrogen) atoms. The van der Waals surface area contributed by atoms with Crippen LogP contribution in [0.1, 0.15) is 18.1 Å². The fourth-order valence-corrected chi connectivity index (χ4v) is 6.88. The largest absolute Gasteiger partial charge is 0.260 e. The van der Waals surface area contributed by atoms with Crippen molar-refractivity contribution in [1.29, 1.82) is 0 Å². The molecule has 3 aromatic rings. The molecule has 3 aromatic carbocycles. The van der Waals surface area contributed by atoms with Crippen LogP contribution in [0.3, 0.4) is 0 Å². The second kappa shape index (κ2) is 9.37. The molecule has 150 valence electrons. The normalized spacial score (nSPS) is 16.9. The molecule has 0 bridgehead atoms. The maximum Gasteiger partial charge on any atom is 0.0684 e. The Kier molecular flexibility index (Phi) is 6.41. The Morgan fingerprint density at radius 3 is 1.93 bits per heavy atom. The molecule has 0 N–H and O–H groups in total. The number of nitrogens with zero attached hydrogens (tertiary/aromatic N) is 1. The Morgan fingerprint density at radius 2 is 1.37 bits per heavy atom. The molecule has 0 spiro atoms. The van der Waals surface area contributed by atoms with Crippen molar-refractivity contribution in [2.75, 3.05) is 0 Å². The number of rotatable bonds is 6. The smallest absolute Gasteiger partial charge is 0.0684 e. The topological polar surface area (TPSA) is 12.4 Å². The van der Waals surface area contributed by atoms with Gasteiger partial charge in [0, 0.05) is 17.8 Å². The summed E-state index contributed by atoms with van der Waals surface area (Å²) in [7, 11) is -0.497. The molecule has 1 aliphatic rings. The molecule has 4 rings (SSSR count). The lowest BCUT2D eigenvalue weighted by Gasteiger charge is -2.29. The Morgan fingerprint density at radius 1 is 0.800 bits per heavy atom. The van der Waals surface area contributed by atoms with Gasteiger partial charge in [-0.1, -0.05) is 110 Å². The fraction of sp³-hybridized carbons (Fsp3) is 0.179. The molecule has 1 unspecified atom stereocenters. The van der Waals surface area contributed by atoms with E-state index in [9.17, 15) is 0 Å². The predicted octanol–water partition coefficient (Wildman–Crippen LogP) is 6.64. The predicted molar refractivity (Wildman–Crippen MR) is 133 cm³/mol. The van der Waals surface area contributed by atoms with Crippen molar-refractivity contribution in [2.45, 2.75) is 26.4 Å². The molecule has 2 heteroatoms. The number of hydrogen-bond acceptors (Lipinski definition) is 1. The Balaban J connectivity index is 1.65. The van der Waals surface area contributed by atoms with E-state index in [4.69, 9.17) is 4.99 Å². The van der Waals surface area contributed by atoms with Gasteiger partial charge in [-0.2, -0.15) is 0 Å². The van der Waals surface area contributed by atoms with E-state index < -0.39 is 7.92 Å². The summed E-state index contributed by atoms with van der Waals surface area (Å²) in [4.78, 5) is 4.91. The summed E-state index contributed by atoms with van der Waals surface area (Å²) in [6, 6.07) is 28.3. The van der Waals surface area contributed by atoms with Crippen LogP contribution in [0.25, 0.3) is 0 Å². The number of aryl methyl sites for hydroxylation is 2. The van der Waals surface area contributed by atoms with E-state index in [-0.39, 0.29) is 5.92 Å². The third-order valence-corrected chi connectivity index (χ3v) is 8.52.